The third-order valence-electron chi connectivity index (χ3n) is 12.5. The highest BCUT2D eigenvalue weighted by Gasteiger charge is 2.24. The van der Waals surface area contributed by atoms with E-state index in [1.807, 2.05) is 0 Å². The SMILES string of the molecule is CCCCCCCCC/C=C\CCCC(CC(=O)NC(CO)C(O)CCCCCCCCCCCCCCC)OC(=O)CCCCCCC/C=C/C=C/CCCCCCCCC. The zero-order valence-electron chi connectivity index (χ0n) is 41.5. The van der Waals surface area contributed by atoms with E-state index in [1.54, 1.807) is 0 Å². The maximum absolute atomic E-state index is 13.2. The Kier molecular flexibility index (Phi) is 48.5. The molecule has 1 amide bonds. The summed E-state index contributed by atoms with van der Waals surface area (Å²) >= 11 is 0. The molecular formula is C56H105NO5. The Labute approximate surface area is 385 Å². The number of nitrogens with one attached hydrogen (secondary N) is 1. The molecule has 0 spiro atoms. The van der Waals surface area contributed by atoms with Crippen molar-refractivity contribution in [1.82, 2.24) is 5.32 Å². The third-order valence-corrected chi connectivity index (χ3v) is 12.5. The van der Waals surface area contributed by atoms with Gasteiger partial charge in [0.05, 0.1) is 25.2 Å². The summed E-state index contributed by atoms with van der Waals surface area (Å²) in [6.07, 6.45) is 59.2. The molecule has 0 aliphatic rings. The number of ether oxygens (including phenoxy) is 1. The summed E-state index contributed by atoms with van der Waals surface area (Å²) in [6, 6.07) is -0.711. The van der Waals surface area contributed by atoms with Crippen molar-refractivity contribution in [1.29, 1.82) is 0 Å². The monoisotopic (exact) mass is 872 g/mol. The molecule has 0 aromatic carbocycles. The Morgan fingerprint density at radius 2 is 0.839 bits per heavy atom. The number of carbonyl (C=O) groups is 2. The van der Waals surface area contributed by atoms with E-state index in [0.717, 1.165) is 70.6 Å². The number of esters is 1. The predicted octanol–water partition coefficient (Wildman–Crippen LogP) is 16.5. The Morgan fingerprint density at radius 1 is 0.468 bits per heavy atom. The minimum atomic E-state index is -0.795. The molecule has 3 atom stereocenters. The van der Waals surface area contributed by atoms with Crippen LogP contribution in [0.3, 0.4) is 0 Å². The fraction of sp³-hybridized carbons (Fsp3) is 0.857. The van der Waals surface area contributed by atoms with Crippen LogP contribution in [0.1, 0.15) is 284 Å². The van der Waals surface area contributed by atoms with Crippen LogP contribution in [-0.2, 0) is 14.3 Å². The van der Waals surface area contributed by atoms with Gasteiger partial charge in [0.25, 0.3) is 0 Å². The average molecular weight is 872 g/mol. The number of allylic oxidation sites excluding steroid dienone is 6. The smallest absolute Gasteiger partial charge is 0.306 e. The number of aliphatic hydroxyl groups is 2. The highest BCUT2D eigenvalue weighted by molar-refractivity contribution is 5.77. The fourth-order valence-electron chi connectivity index (χ4n) is 8.31. The molecule has 0 saturated heterocycles. The van der Waals surface area contributed by atoms with Crippen molar-refractivity contribution in [3.63, 3.8) is 0 Å². The van der Waals surface area contributed by atoms with E-state index in [1.165, 1.54) is 167 Å². The first-order valence-corrected chi connectivity index (χ1v) is 27.2. The van der Waals surface area contributed by atoms with Crippen molar-refractivity contribution in [3.8, 4) is 0 Å². The number of amides is 1. The molecule has 62 heavy (non-hydrogen) atoms. The summed E-state index contributed by atoms with van der Waals surface area (Å²) in [5.41, 5.74) is 0. The van der Waals surface area contributed by atoms with Crippen LogP contribution in [-0.4, -0.2) is 46.9 Å². The van der Waals surface area contributed by atoms with Gasteiger partial charge in [-0.2, -0.15) is 0 Å². The molecule has 3 N–H and O–H groups in total. The highest BCUT2D eigenvalue weighted by Crippen LogP contribution is 2.17. The van der Waals surface area contributed by atoms with Gasteiger partial charge in [-0.15, -0.1) is 0 Å². The van der Waals surface area contributed by atoms with Gasteiger partial charge in [-0.25, -0.2) is 0 Å². The van der Waals surface area contributed by atoms with E-state index in [2.05, 4.69) is 62.5 Å². The topological polar surface area (TPSA) is 95.9 Å². The Balaban J connectivity index is 4.56. The van der Waals surface area contributed by atoms with Crippen molar-refractivity contribution in [2.45, 2.75) is 302 Å². The molecule has 0 rings (SSSR count). The van der Waals surface area contributed by atoms with Gasteiger partial charge in [-0.1, -0.05) is 237 Å². The molecule has 0 heterocycles. The lowest BCUT2D eigenvalue weighted by Gasteiger charge is -2.24. The largest absolute Gasteiger partial charge is 0.462 e. The molecule has 0 aliphatic heterocycles. The second-order valence-electron chi connectivity index (χ2n) is 18.7. The van der Waals surface area contributed by atoms with E-state index in [0.29, 0.717) is 19.3 Å². The first-order valence-electron chi connectivity index (χ1n) is 27.2. The summed E-state index contributed by atoms with van der Waals surface area (Å²) < 4.78 is 5.92. The van der Waals surface area contributed by atoms with Gasteiger partial charge in [0.15, 0.2) is 0 Å². The zero-order chi connectivity index (χ0) is 45.2. The Bertz CT molecular complexity index is 1020. The average Bonchev–Trinajstić information content (AvgIpc) is 3.26. The molecule has 0 aliphatic carbocycles. The van der Waals surface area contributed by atoms with Crippen LogP contribution in [0.25, 0.3) is 0 Å². The van der Waals surface area contributed by atoms with E-state index in [-0.39, 0.29) is 24.9 Å². The van der Waals surface area contributed by atoms with Gasteiger partial charge in [0.2, 0.25) is 5.91 Å². The molecule has 0 aromatic heterocycles. The van der Waals surface area contributed by atoms with E-state index < -0.39 is 18.2 Å². The number of rotatable bonds is 49. The van der Waals surface area contributed by atoms with Crippen molar-refractivity contribution in [2.24, 2.45) is 0 Å². The van der Waals surface area contributed by atoms with Crippen molar-refractivity contribution in [3.05, 3.63) is 36.5 Å². The molecule has 0 radical (unpaired) electrons. The summed E-state index contributed by atoms with van der Waals surface area (Å²) in [4.78, 5) is 26.2. The lowest BCUT2D eigenvalue weighted by atomic mass is 10.0. The van der Waals surface area contributed by atoms with Gasteiger partial charge >= 0.3 is 5.97 Å². The van der Waals surface area contributed by atoms with E-state index in [4.69, 9.17) is 4.74 Å². The molecule has 0 aromatic rings. The van der Waals surface area contributed by atoms with E-state index >= 15 is 0 Å². The quantitative estimate of drug-likeness (QED) is 0.0245. The third kappa shape index (κ3) is 44.7. The van der Waals surface area contributed by atoms with Gasteiger partial charge in [0, 0.05) is 6.42 Å². The maximum atomic E-state index is 13.2. The summed E-state index contributed by atoms with van der Waals surface area (Å²) in [5.74, 6) is -0.511. The van der Waals surface area contributed by atoms with Crippen LogP contribution in [0.2, 0.25) is 0 Å². The van der Waals surface area contributed by atoms with Gasteiger partial charge in [-0.05, 0) is 70.6 Å². The minimum absolute atomic E-state index is 0.0529. The van der Waals surface area contributed by atoms with Crippen LogP contribution >= 0.6 is 0 Å². The molecule has 364 valence electrons. The first kappa shape index (κ1) is 60.1. The summed E-state index contributed by atoms with van der Waals surface area (Å²) in [5, 5.41) is 23.8. The fourth-order valence-corrected chi connectivity index (χ4v) is 8.31. The highest BCUT2D eigenvalue weighted by atomic mass is 16.5. The Hall–Kier alpha value is -1.92. The van der Waals surface area contributed by atoms with Crippen molar-refractivity contribution >= 4 is 11.9 Å². The minimum Gasteiger partial charge on any atom is -0.462 e. The van der Waals surface area contributed by atoms with Crippen LogP contribution in [0.15, 0.2) is 36.5 Å². The van der Waals surface area contributed by atoms with Gasteiger partial charge < -0.3 is 20.3 Å². The number of hydrogen-bond acceptors (Lipinski definition) is 5. The van der Waals surface area contributed by atoms with Crippen molar-refractivity contribution in [2.75, 3.05) is 6.61 Å². The number of carbonyl (C=O) groups excluding carboxylic acids is 2. The second kappa shape index (κ2) is 50.1. The first-order chi connectivity index (χ1) is 30.5. The number of aliphatic hydroxyl groups excluding tert-OH is 2. The number of unbranched alkanes of at least 4 members (excludes halogenated alkanes) is 32. The molecule has 6 nitrogen and oxygen atoms in total. The lowest BCUT2D eigenvalue weighted by molar-refractivity contribution is -0.151. The second-order valence-corrected chi connectivity index (χ2v) is 18.7. The standard InChI is InChI=1S/C56H105NO5/c1-4-7-10-13-16-19-22-25-26-27-28-29-31-34-37-40-43-46-49-56(61)62-52(47-44-41-38-35-32-24-21-18-15-12-9-6-3)50-55(60)57-53(51-58)54(59)48-45-42-39-36-33-30-23-20-17-14-11-8-5-2/h26-29,35,38,52-54,58-59H,4-25,30-34,36-37,39-51H2,1-3H3,(H,57,60)/b27-26+,29-28+,38-35-. The Morgan fingerprint density at radius 3 is 1.27 bits per heavy atom. The van der Waals surface area contributed by atoms with Gasteiger partial charge in [0.1, 0.15) is 6.10 Å². The molecule has 0 saturated carbocycles. The van der Waals surface area contributed by atoms with Gasteiger partial charge in [-0.3, -0.25) is 9.59 Å². The zero-order valence-corrected chi connectivity index (χ0v) is 41.5. The van der Waals surface area contributed by atoms with Crippen LogP contribution in [0.5, 0.6) is 0 Å². The predicted molar refractivity (Wildman–Crippen MR) is 269 cm³/mol. The molecule has 6 heteroatoms. The maximum Gasteiger partial charge on any atom is 0.306 e. The summed E-state index contributed by atoms with van der Waals surface area (Å²) in [7, 11) is 0. The summed E-state index contributed by atoms with van der Waals surface area (Å²) in [6.45, 7) is 6.48. The molecule has 0 bridgehead atoms. The van der Waals surface area contributed by atoms with Crippen LogP contribution < -0.4 is 5.32 Å². The normalized spacial score (nSPS) is 13.4. The van der Waals surface area contributed by atoms with Crippen LogP contribution in [0.4, 0.5) is 0 Å². The number of hydrogen-bond donors (Lipinski definition) is 3. The van der Waals surface area contributed by atoms with Crippen LogP contribution in [0, 0.1) is 0 Å². The van der Waals surface area contributed by atoms with Crippen molar-refractivity contribution < 1.29 is 24.5 Å². The lowest BCUT2D eigenvalue weighted by Crippen LogP contribution is -2.46. The molecular weight excluding hydrogens is 767 g/mol. The molecule has 0 fully saturated rings. The molecule has 3 unspecified atom stereocenters. The van der Waals surface area contributed by atoms with E-state index in [9.17, 15) is 19.8 Å².